The molecule has 9 heterocycles. The molecule has 3 saturated heterocycles. The molecule has 0 unspecified atom stereocenters. The smallest absolute Gasteiger partial charge is 0.257 e. The molecule has 3 aliphatic heterocycles. The molecule has 1 N–H and O–H groups in total. The number of hydrogen-bond acceptors (Lipinski definition) is 16. The number of fused-ring (bicyclic) bond motifs is 3. The van der Waals surface area contributed by atoms with E-state index in [1.807, 2.05) is 182 Å². The molecule has 6 aromatic carbocycles. The van der Waals surface area contributed by atoms with E-state index in [1.165, 1.54) is 9.36 Å². The summed E-state index contributed by atoms with van der Waals surface area (Å²) in [6.45, 7) is 3.49. The Balaban J connectivity index is 0.000000154. The Labute approximate surface area is 609 Å². The quantitative estimate of drug-likeness (QED) is 0.106. The highest BCUT2D eigenvalue weighted by atomic mass is 35.5. The Hall–Kier alpha value is -10.0. The predicted octanol–water partition coefficient (Wildman–Crippen LogP) is 12.8. The first kappa shape index (κ1) is 74.2. The van der Waals surface area contributed by atoms with Crippen molar-refractivity contribution in [1.29, 1.82) is 0 Å². The third-order valence-electron chi connectivity index (χ3n) is 17.7. The summed E-state index contributed by atoms with van der Waals surface area (Å²) in [4.78, 5) is 45.7. The van der Waals surface area contributed by atoms with Gasteiger partial charge in [0.2, 0.25) is 17.7 Å². The van der Waals surface area contributed by atoms with Crippen LogP contribution in [0.3, 0.4) is 0 Å². The van der Waals surface area contributed by atoms with E-state index in [4.69, 9.17) is 45.0 Å². The van der Waals surface area contributed by atoms with Gasteiger partial charge in [0.1, 0.15) is 53.8 Å². The van der Waals surface area contributed by atoms with Crippen LogP contribution in [0.2, 0.25) is 15.1 Å². The fraction of sp³-hybridized carbons (Fsp3) is 0.280. The van der Waals surface area contributed by atoms with Crippen molar-refractivity contribution in [3.05, 3.63) is 197 Å². The van der Waals surface area contributed by atoms with Crippen LogP contribution in [-0.4, -0.2) is 193 Å². The lowest BCUT2D eigenvalue weighted by molar-refractivity contribution is -0.135. The number of rotatable bonds is 14. The van der Waals surface area contributed by atoms with Crippen LogP contribution >= 0.6 is 34.8 Å². The summed E-state index contributed by atoms with van der Waals surface area (Å²) in [7, 11) is -3.08. The van der Waals surface area contributed by atoms with Crippen molar-refractivity contribution in [2.75, 3.05) is 70.4 Å². The summed E-state index contributed by atoms with van der Waals surface area (Å²) >= 11 is 20.6. The number of hydrogen-bond donors (Lipinski definition) is 1. The Morgan fingerprint density at radius 2 is 0.680 bits per heavy atom. The molecule has 3 amide bonds. The molecule has 103 heavy (non-hydrogen) atoms. The maximum Gasteiger partial charge on any atom is 0.257 e. The molecule has 532 valence electrons. The number of aromatic nitrogens is 12. The molecule has 0 spiro atoms. The highest BCUT2D eigenvalue weighted by molar-refractivity contribution is 7.91. The van der Waals surface area contributed by atoms with Gasteiger partial charge in [-0.25, -0.2) is 31.2 Å². The minimum absolute atomic E-state index is 0. The molecule has 3 fully saturated rings. The highest BCUT2D eigenvalue weighted by Gasteiger charge is 2.32. The first-order valence-electron chi connectivity index (χ1n) is 32.8. The van der Waals surface area contributed by atoms with Crippen LogP contribution in [0.15, 0.2) is 182 Å². The lowest BCUT2D eigenvalue weighted by Crippen LogP contribution is -2.51. The minimum Gasteiger partial charge on any atom is -0.393 e. The number of piperazine rings is 1. The number of nitrogens with zero attached hydrogens (tertiary/aromatic N) is 16. The standard InChI is InChI=1S/C26H25ClF2N6O.C24H22ClN5O2.C23H20ClN5O3S.2CH4/c1-26(28,29)17-33-12-14-34(15-13-33)20(36)16-35-25-21(23(32-35)18-8-4-2-5-9-18)22(27)24(30-31-25)19-10-6-3-7-11-19;25-21-20-22(16-7-3-1-4-8-16)28-30(15-19(32)29-13-11-18(31)12-14-29)24(20)27-26-23(21)17-9-5-2-6-10-17;24-20-19-21(16-7-3-1-4-8-16)27-29(15-18(30)28-11-13-33(31,32)14-12-28)23(19)26-25-22(20)17-9-5-2-6-10-17;;/h2-11H,12-17H2,1H3;1-10,18,31H,11-15H2;1-10H,11-15H2;2*1H4. The van der Waals surface area contributed by atoms with Crippen LogP contribution in [0.5, 0.6) is 0 Å². The maximum atomic E-state index is 13.4. The number of likely N-dealkylation sites (tertiary alicyclic amines) is 1. The number of aliphatic hydroxyl groups excluding tert-OH is 1. The zero-order valence-electron chi connectivity index (χ0n) is 54.7. The summed E-state index contributed by atoms with van der Waals surface area (Å²) in [5.41, 5.74) is 9.92. The van der Waals surface area contributed by atoms with Crippen molar-refractivity contribution in [3.8, 4) is 67.5 Å². The van der Waals surface area contributed by atoms with Crippen LogP contribution in [0.25, 0.3) is 101 Å². The van der Waals surface area contributed by atoms with Gasteiger partial charge in [0.25, 0.3) is 5.92 Å². The van der Waals surface area contributed by atoms with Crippen LogP contribution in [0, 0.1) is 0 Å². The van der Waals surface area contributed by atoms with Crippen molar-refractivity contribution in [1.82, 2.24) is 79.5 Å². The second kappa shape index (κ2) is 32.5. The highest BCUT2D eigenvalue weighted by Crippen LogP contribution is 2.41. The van der Waals surface area contributed by atoms with E-state index in [2.05, 4.69) is 35.7 Å². The van der Waals surface area contributed by atoms with Crippen molar-refractivity contribution in [2.24, 2.45) is 0 Å². The van der Waals surface area contributed by atoms with Gasteiger partial charge in [-0.3, -0.25) is 19.3 Å². The van der Waals surface area contributed by atoms with Gasteiger partial charge in [-0.1, -0.05) is 232 Å². The van der Waals surface area contributed by atoms with Crippen LogP contribution in [0.1, 0.15) is 34.6 Å². The van der Waals surface area contributed by atoms with Crippen molar-refractivity contribution >= 4 is 95.5 Å². The fourth-order valence-corrected chi connectivity index (χ4v) is 14.6. The summed E-state index contributed by atoms with van der Waals surface area (Å²) in [6.07, 6.45) is 0.843. The Morgan fingerprint density at radius 1 is 0.417 bits per heavy atom. The van der Waals surface area contributed by atoms with E-state index in [0.717, 1.165) is 40.3 Å². The molecule has 0 radical (unpaired) electrons. The maximum absolute atomic E-state index is 13.4. The van der Waals surface area contributed by atoms with E-state index in [0.29, 0.717) is 134 Å². The molecule has 3 aliphatic rings. The molecule has 0 saturated carbocycles. The lowest BCUT2D eigenvalue weighted by Gasteiger charge is -2.35. The molecule has 0 atom stereocenters. The normalized spacial score (nSPS) is 14.8. The second-order valence-corrected chi connectivity index (χ2v) is 28.2. The second-order valence-electron chi connectivity index (χ2n) is 24.8. The Kier molecular flexibility index (Phi) is 23.4. The Morgan fingerprint density at radius 3 is 0.961 bits per heavy atom. The lowest BCUT2D eigenvalue weighted by atomic mass is 10.1. The molecule has 12 aromatic rings. The average molecular weight is 1470 g/mol. The molecule has 6 aromatic heterocycles. The number of piperidine rings is 1. The zero-order valence-corrected chi connectivity index (χ0v) is 57.7. The van der Waals surface area contributed by atoms with Crippen LogP contribution in [-0.2, 0) is 43.9 Å². The largest absolute Gasteiger partial charge is 0.393 e. The summed E-state index contributed by atoms with van der Waals surface area (Å²) < 4.78 is 54.7. The topological polar surface area (TPSA) is 249 Å². The third kappa shape index (κ3) is 16.9. The number of carbonyl (C=O) groups excluding carboxylic acids is 3. The van der Waals surface area contributed by atoms with Gasteiger partial charge in [-0.15, -0.1) is 30.6 Å². The van der Waals surface area contributed by atoms with Gasteiger partial charge >= 0.3 is 0 Å². The van der Waals surface area contributed by atoms with Gasteiger partial charge in [0, 0.05) is 92.7 Å². The molecular formula is C75H75Cl3F2N16O6S. The van der Waals surface area contributed by atoms with Crippen LogP contribution in [0.4, 0.5) is 8.78 Å². The number of benzene rings is 6. The van der Waals surface area contributed by atoms with Crippen molar-refractivity contribution in [3.63, 3.8) is 0 Å². The molecular weight excluding hydrogens is 1400 g/mol. The predicted molar refractivity (Wildman–Crippen MR) is 398 cm³/mol. The SMILES string of the molecule is C.C.CC(F)(F)CN1CCN(C(=O)Cn2nc(-c3ccccc3)c3c(Cl)c(-c4ccccc4)nnc32)CC1.O=C(Cn1nc(-c2ccccc2)c2c(Cl)c(-c3ccccc3)nnc21)N1CCC(O)CC1.O=C(Cn1nc(-c2ccccc2)c2c(Cl)c(-c3ccccc3)nnc21)N1CCS(=O)(=O)CC1. The van der Waals surface area contributed by atoms with Crippen LogP contribution < -0.4 is 0 Å². The number of halogens is 5. The van der Waals surface area contributed by atoms with Gasteiger partial charge in [-0.2, -0.15) is 15.3 Å². The van der Waals surface area contributed by atoms with Gasteiger partial charge in [0.15, 0.2) is 26.8 Å². The van der Waals surface area contributed by atoms with Gasteiger partial charge in [-0.05, 0) is 12.8 Å². The first-order chi connectivity index (χ1) is 48.8. The fourth-order valence-electron chi connectivity index (χ4n) is 12.4. The number of carbonyl (C=O) groups is 3. The number of alkyl halides is 2. The number of amides is 3. The van der Waals surface area contributed by atoms with E-state index < -0.39 is 15.8 Å². The summed E-state index contributed by atoms with van der Waals surface area (Å²) in [6, 6.07) is 57.6. The van der Waals surface area contributed by atoms with E-state index in [9.17, 15) is 36.7 Å². The van der Waals surface area contributed by atoms with Gasteiger partial charge < -0.3 is 19.8 Å². The number of aliphatic hydroxyl groups is 1. The number of sulfone groups is 1. The Bertz CT molecular complexity index is 5060. The average Bonchev–Trinajstić information content (AvgIpc) is 1.64. The van der Waals surface area contributed by atoms with Crippen molar-refractivity contribution in [2.45, 2.75) is 66.3 Å². The summed E-state index contributed by atoms with van der Waals surface area (Å²) in [5.74, 6) is -3.26. The molecule has 22 nitrogen and oxygen atoms in total. The monoisotopic (exact) mass is 1470 g/mol. The van der Waals surface area contributed by atoms with E-state index in [-0.39, 0.29) is 89.5 Å². The van der Waals surface area contributed by atoms with Gasteiger partial charge in [0.05, 0.1) is 55.4 Å². The van der Waals surface area contributed by atoms with E-state index >= 15 is 0 Å². The molecule has 0 aliphatic carbocycles. The first-order valence-corrected chi connectivity index (χ1v) is 35.7. The third-order valence-corrected chi connectivity index (χ3v) is 20.4. The van der Waals surface area contributed by atoms with E-state index in [1.54, 1.807) is 24.3 Å². The molecule has 15 rings (SSSR count). The summed E-state index contributed by atoms with van der Waals surface area (Å²) in [5, 5.41) is 53.4. The zero-order chi connectivity index (χ0) is 70.4. The minimum atomic E-state index is -3.08. The molecule has 28 heteroatoms. The molecule has 0 bridgehead atoms. The van der Waals surface area contributed by atoms with Crippen molar-refractivity contribution < 1.29 is 36.7 Å².